The highest BCUT2D eigenvalue weighted by atomic mass is 35.5. The molecule has 0 saturated heterocycles. The van der Waals surface area contributed by atoms with Crippen LogP contribution in [0.1, 0.15) is 34.0 Å². The Labute approximate surface area is 155 Å². The number of benzene rings is 2. The van der Waals surface area contributed by atoms with Gasteiger partial charge in [-0.2, -0.15) is 13.2 Å². The average Bonchev–Trinajstić information content (AvgIpc) is 2.58. The van der Waals surface area contributed by atoms with E-state index in [1.165, 1.54) is 0 Å². The van der Waals surface area contributed by atoms with Gasteiger partial charge in [-0.1, -0.05) is 23.7 Å². The summed E-state index contributed by atoms with van der Waals surface area (Å²) in [6.07, 6.45) is -4.43. The van der Waals surface area contributed by atoms with Crippen LogP contribution >= 0.6 is 11.6 Å². The van der Waals surface area contributed by atoms with E-state index in [1.807, 2.05) is 19.0 Å². The molecule has 0 aliphatic rings. The highest BCUT2D eigenvalue weighted by molar-refractivity contribution is 6.30. The van der Waals surface area contributed by atoms with E-state index in [1.54, 1.807) is 24.3 Å². The number of esters is 1. The zero-order valence-corrected chi connectivity index (χ0v) is 15.1. The molecule has 0 radical (unpaired) electrons. The van der Waals surface area contributed by atoms with Crippen LogP contribution < -0.4 is 0 Å². The second-order valence-electron chi connectivity index (χ2n) is 6.11. The molecular formula is C19H19ClF3NO2. The number of carbonyl (C=O) groups excluding carboxylic acids is 1. The van der Waals surface area contributed by atoms with E-state index in [-0.39, 0.29) is 5.56 Å². The third kappa shape index (κ3) is 5.75. The SMILES string of the molecule is CN(C)CCC(OC(=O)c1ccc(C(F)(F)F)cc1)c1ccc(Cl)cc1. The Bertz CT molecular complexity index is 728. The summed E-state index contributed by atoms with van der Waals surface area (Å²) in [5, 5.41) is 0.564. The van der Waals surface area contributed by atoms with E-state index in [9.17, 15) is 18.0 Å². The molecule has 2 aromatic rings. The summed E-state index contributed by atoms with van der Waals surface area (Å²) in [5.74, 6) is -0.669. The van der Waals surface area contributed by atoms with Crippen LogP contribution in [0.5, 0.6) is 0 Å². The molecule has 26 heavy (non-hydrogen) atoms. The lowest BCUT2D eigenvalue weighted by molar-refractivity contribution is -0.137. The maximum absolute atomic E-state index is 12.6. The molecule has 0 heterocycles. The Morgan fingerprint density at radius 1 is 1.08 bits per heavy atom. The van der Waals surface area contributed by atoms with Gasteiger partial charge in [0.2, 0.25) is 0 Å². The zero-order chi connectivity index (χ0) is 19.3. The fourth-order valence-corrected chi connectivity index (χ4v) is 2.47. The molecule has 0 aliphatic carbocycles. The first-order chi connectivity index (χ1) is 12.2. The van der Waals surface area contributed by atoms with Crippen LogP contribution in [0.25, 0.3) is 0 Å². The van der Waals surface area contributed by atoms with E-state index in [2.05, 4.69) is 0 Å². The van der Waals surface area contributed by atoms with Crippen LogP contribution in [0.15, 0.2) is 48.5 Å². The van der Waals surface area contributed by atoms with Gasteiger partial charge in [-0.05, 0) is 56.1 Å². The molecule has 0 saturated carbocycles. The molecule has 0 amide bonds. The molecular weight excluding hydrogens is 367 g/mol. The molecule has 0 N–H and O–H groups in total. The Kier molecular flexibility index (Phi) is 6.67. The Morgan fingerprint density at radius 3 is 2.15 bits per heavy atom. The van der Waals surface area contributed by atoms with Gasteiger partial charge in [-0.3, -0.25) is 0 Å². The molecule has 0 aliphatic heterocycles. The quantitative estimate of drug-likeness (QED) is 0.639. The summed E-state index contributed by atoms with van der Waals surface area (Å²) in [6.45, 7) is 0.674. The van der Waals surface area contributed by atoms with Crippen LogP contribution in [-0.4, -0.2) is 31.5 Å². The topological polar surface area (TPSA) is 29.5 Å². The minimum absolute atomic E-state index is 0.0711. The summed E-state index contributed by atoms with van der Waals surface area (Å²) < 4.78 is 43.4. The van der Waals surface area contributed by atoms with Gasteiger partial charge in [0.05, 0.1) is 11.1 Å². The van der Waals surface area contributed by atoms with Gasteiger partial charge in [-0.25, -0.2) is 4.79 Å². The van der Waals surface area contributed by atoms with Crippen molar-refractivity contribution in [2.75, 3.05) is 20.6 Å². The van der Waals surface area contributed by atoms with Crippen molar-refractivity contribution in [1.82, 2.24) is 4.90 Å². The molecule has 0 fully saturated rings. The number of ether oxygens (including phenoxy) is 1. The minimum Gasteiger partial charge on any atom is -0.454 e. The number of halogens is 4. The Balaban J connectivity index is 2.15. The van der Waals surface area contributed by atoms with Gasteiger partial charge in [-0.15, -0.1) is 0 Å². The fourth-order valence-electron chi connectivity index (χ4n) is 2.34. The standard InChI is InChI=1S/C19H19ClF3NO2/c1-24(2)12-11-17(13-5-9-16(20)10-6-13)26-18(25)14-3-7-15(8-4-14)19(21,22)23/h3-10,17H,11-12H2,1-2H3. The number of rotatable bonds is 6. The van der Waals surface area contributed by atoms with Gasteiger partial charge in [0.15, 0.2) is 0 Å². The molecule has 0 bridgehead atoms. The number of nitrogens with zero attached hydrogens (tertiary/aromatic N) is 1. The number of carbonyl (C=O) groups is 1. The van der Waals surface area contributed by atoms with E-state index < -0.39 is 23.8 Å². The van der Waals surface area contributed by atoms with E-state index >= 15 is 0 Å². The molecule has 2 aromatic carbocycles. The summed E-state index contributed by atoms with van der Waals surface area (Å²) in [6, 6.07) is 10.9. The van der Waals surface area contributed by atoms with Crippen molar-refractivity contribution >= 4 is 17.6 Å². The van der Waals surface area contributed by atoms with Crippen LogP contribution in [0.3, 0.4) is 0 Å². The first-order valence-corrected chi connectivity index (χ1v) is 8.33. The lowest BCUT2D eigenvalue weighted by atomic mass is 10.1. The summed E-state index contributed by atoms with van der Waals surface area (Å²) in [7, 11) is 3.80. The van der Waals surface area contributed by atoms with Gasteiger partial charge in [0.1, 0.15) is 6.10 Å². The smallest absolute Gasteiger partial charge is 0.416 e. The summed E-state index contributed by atoms with van der Waals surface area (Å²) in [5.41, 5.74) is 0.0363. The van der Waals surface area contributed by atoms with Crippen molar-refractivity contribution in [3.63, 3.8) is 0 Å². The normalized spacial score (nSPS) is 12.9. The first-order valence-electron chi connectivity index (χ1n) is 7.95. The summed E-state index contributed by atoms with van der Waals surface area (Å²) in [4.78, 5) is 14.3. The van der Waals surface area contributed by atoms with Crippen LogP contribution in [0.4, 0.5) is 13.2 Å². The molecule has 0 spiro atoms. The van der Waals surface area contributed by atoms with Gasteiger partial charge >= 0.3 is 12.1 Å². The van der Waals surface area contributed by atoms with Crippen molar-refractivity contribution < 1.29 is 22.7 Å². The second-order valence-corrected chi connectivity index (χ2v) is 6.55. The molecule has 0 aromatic heterocycles. The molecule has 1 atom stereocenters. The van der Waals surface area contributed by atoms with E-state index in [0.717, 1.165) is 29.8 Å². The Morgan fingerprint density at radius 2 is 1.65 bits per heavy atom. The lowest BCUT2D eigenvalue weighted by Crippen LogP contribution is -2.19. The predicted octanol–water partition coefficient (Wildman–Crippen LogP) is 5.21. The third-order valence-electron chi connectivity index (χ3n) is 3.78. The minimum atomic E-state index is -4.44. The maximum atomic E-state index is 12.6. The second kappa shape index (κ2) is 8.56. The molecule has 140 valence electrons. The van der Waals surface area contributed by atoms with Crippen molar-refractivity contribution in [3.05, 3.63) is 70.2 Å². The van der Waals surface area contributed by atoms with Gasteiger partial charge < -0.3 is 9.64 Å². The molecule has 2 rings (SSSR count). The Hall–Kier alpha value is -2.05. The first kappa shape index (κ1) is 20.3. The fraction of sp³-hybridized carbons (Fsp3) is 0.316. The van der Waals surface area contributed by atoms with Crippen LogP contribution in [0, 0.1) is 0 Å². The zero-order valence-electron chi connectivity index (χ0n) is 14.4. The highest BCUT2D eigenvalue weighted by Gasteiger charge is 2.30. The number of alkyl halides is 3. The van der Waals surface area contributed by atoms with Crippen molar-refractivity contribution in [2.24, 2.45) is 0 Å². The molecule has 1 unspecified atom stereocenters. The summed E-state index contributed by atoms with van der Waals surface area (Å²) >= 11 is 5.89. The lowest BCUT2D eigenvalue weighted by Gasteiger charge is -2.20. The number of hydrogen-bond donors (Lipinski definition) is 0. The van der Waals surface area contributed by atoms with Crippen molar-refractivity contribution in [2.45, 2.75) is 18.7 Å². The maximum Gasteiger partial charge on any atom is 0.416 e. The monoisotopic (exact) mass is 385 g/mol. The third-order valence-corrected chi connectivity index (χ3v) is 4.03. The van der Waals surface area contributed by atoms with Crippen LogP contribution in [0.2, 0.25) is 5.02 Å². The average molecular weight is 386 g/mol. The van der Waals surface area contributed by atoms with Crippen LogP contribution in [-0.2, 0) is 10.9 Å². The largest absolute Gasteiger partial charge is 0.454 e. The van der Waals surface area contributed by atoms with E-state index in [0.29, 0.717) is 18.0 Å². The predicted molar refractivity (Wildman–Crippen MR) is 94.2 cm³/mol. The molecule has 3 nitrogen and oxygen atoms in total. The van der Waals surface area contributed by atoms with Crippen molar-refractivity contribution in [1.29, 1.82) is 0 Å². The van der Waals surface area contributed by atoms with Crippen molar-refractivity contribution in [3.8, 4) is 0 Å². The number of hydrogen-bond acceptors (Lipinski definition) is 3. The highest BCUT2D eigenvalue weighted by Crippen LogP contribution is 2.30. The molecule has 7 heteroatoms. The van der Waals surface area contributed by atoms with E-state index in [4.69, 9.17) is 16.3 Å². The van der Waals surface area contributed by atoms with Gasteiger partial charge in [0, 0.05) is 18.0 Å². The van der Waals surface area contributed by atoms with Gasteiger partial charge in [0.25, 0.3) is 0 Å².